The van der Waals surface area contributed by atoms with E-state index < -0.39 is 4.92 Å². The SMILES string of the molecule is CCCCn1ccc(-c2ccc([N+](=O)[O-])cc2)n1. The molecule has 2 aromatic rings. The van der Waals surface area contributed by atoms with E-state index in [2.05, 4.69) is 12.0 Å². The van der Waals surface area contributed by atoms with Crippen LogP contribution >= 0.6 is 0 Å². The highest BCUT2D eigenvalue weighted by molar-refractivity contribution is 5.60. The normalized spacial score (nSPS) is 10.5. The van der Waals surface area contributed by atoms with Gasteiger partial charge >= 0.3 is 0 Å². The quantitative estimate of drug-likeness (QED) is 0.600. The fourth-order valence-corrected chi connectivity index (χ4v) is 1.71. The number of nitrogens with zero attached hydrogens (tertiary/aromatic N) is 3. The van der Waals surface area contributed by atoms with Gasteiger partial charge in [-0.15, -0.1) is 0 Å². The Kier molecular flexibility index (Phi) is 3.72. The topological polar surface area (TPSA) is 61.0 Å². The summed E-state index contributed by atoms with van der Waals surface area (Å²) in [6.45, 7) is 3.05. The Bertz CT molecular complexity index is 531. The highest BCUT2D eigenvalue weighted by atomic mass is 16.6. The molecule has 1 heterocycles. The average Bonchev–Trinajstić information content (AvgIpc) is 2.85. The van der Waals surface area contributed by atoms with Crippen molar-refractivity contribution in [2.24, 2.45) is 0 Å². The highest BCUT2D eigenvalue weighted by Crippen LogP contribution is 2.20. The lowest BCUT2D eigenvalue weighted by atomic mass is 10.1. The van der Waals surface area contributed by atoms with E-state index in [4.69, 9.17) is 0 Å². The van der Waals surface area contributed by atoms with E-state index in [1.54, 1.807) is 12.1 Å². The summed E-state index contributed by atoms with van der Waals surface area (Å²) < 4.78 is 1.90. The first-order chi connectivity index (χ1) is 8.70. The van der Waals surface area contributed by atoms with Gasteiger partial charge in [-0.1, -0.05) is 13.3 Å². The van der Waals surface area contributed by atoms with Crippen molar-refractivity contribution < 1.29 is 4.92 Å². The van der Waals surface area contributed by atoms with Crippen LogP contribution in [0.2, 0.25) is 0 Å². The first-order valence-electron chi connectivity index (χ1n) is 5.99. The molecular formula is C13H15N3O2. The fraction of sp³-hybridized carbons (Fsp3) is 0.308. The largest absolute Gasteiger partial charge is 0.272 e. The van der Waals surface area contributed by atoms with Crippen molar-refractivity contribution >= 4 is 5.69 Å². The van der Waals surface area contributed by atoms with Gasteiger partial charge in [-0.3, -0.25) is 14.8 Å². The van der Waals surface area contributed by atoms with Gasteiger partial charge in [0.2, 0.25) is 0 Å². The van der Waals surface area contributed by atoms with E-state index in [0.717, 1.165) is 30.6 Å². The van der Waals surface area contributed by atoms with Gasteiger partial charge < -0.3 is 0 Å². The van der Waals surface area contributed by atoms with Crippen molar-refractivity contribution in [3.8, 4) is 11.3 Å². The molecule has 0 spiro atoms. The highest BCUT2D eigenvalue weighted by Gasteiger charge is 2.06. The van der Waals surface area contributed by atoms with Crippen LogP contribution in [0.25, 0.3) is 11.3 Å². The lowest BCUT2D eigenvalue weighted by Crippen LogP contribution is -1.98. The van der Waals surface area contributed by atoms with Crippen LogP contribution in [0, 0.1) is 10.1 Å². The summed E-state index contributed by atoms with van der Waals surface area (Å²) in [5.41, 5.74) is 1.85. The van der Waals surface area contributed by atoms with Gasteiger partial charge in [0.1, 0.15) is 0 Å². The molecule has 1 aromatic heterocycles. The summed E-state index contributed by atoms with van der Waals surface area (Å²) >= 11 is 0. The third kappa shape index (κ3) is 2.74. The predicted octanol–water partition coefficient (Wildman–Crippen LogP) is 3.26. The summed E-state index contributed by atoms with van der Waals surface area (Å²) in [5.74, 6) is 0. The molecule has 0 atom stereocenters. The van der Waals surface area contributed by atoms with Crippen molar-refractivity contribution in [1.29, 1.82) is 0 Å². The van der Waals surface area contributed by atoms with Crippen molar-refractivity contribution in [2.45, 2.75) is 26.3 Å². The Morgan fingerprint density at radius 2 is 2.00 bits per heavy atom. The number of hydrogen-bond acceptors (Lipinski definition) is 3. The molecular weight excluding hydrogens is 230 g/mol. The number of aromatic nitrogens is 2. The Morgan fingerprint density at radius 1 is 1.28 bits per heavy atom. The fourth-order valence-electron chi connectivity index (χ4n) is 1.71. The molecule has 94 valence electrons. The minimum atomic E-state index is -0.399. The van der Waals surface area contributed by atoms with Gasteiger partial charge in [-0.2, -0.15) is 5.10 Å². The maximum Gasteiger partial charge on any atom is 0.269 e. The minimum absolute atomic E-state index is 0.101. The van der Waals surface area contributed by atoms with Crippen LogP contribution in [-0.2, 0) is 6.54 Å². The molecule has 0 saturated carbocycles. The molecule has 0 unspecified atom stereocenters. The zero-order valence-corrected chi connectivity index (χ0v) is 10.2. The maximum absolute atomic E-state index is 10.6. The summed E-state index contributed by atoms with van der Waals surface area (Å²) in [7, 11) is 0. The van der Waals surface area contributed by atoms with Crippen molar-refractivity contribution in [3.05, 3.63) is 46.6 Å². The molecule has 5 heteroatoms. The van der Waals surface area contributed by atoms with E-state index in [1.165, 1.54) is 12.1 Å². The number of unbranched alkanes of at least 4 members (excludes halogenated alkanes) is 1. The lowest BCUT2D eigenvalue weighted by molar-refractivity contribution is -0.384. The number of nitro groups is 1. The monoisotopic (exact) mass is 245 g/mol. The second kappa shape index (κ2) is 5.44. The number of rotatable bonds is 5. The van der Waals surface area contributed by atoms with Crippen molar-refractivity contribution in [2.75, 3.05) is 0 Å². The zero-order chi connectivity index (χ0) is 13.0. The van der Waals surface area contributed by atoms with Gasteiger partial charge in [-0.05, 0) is 24.6 Å². The van der Waals surface area contributed by atoms with Crippen LogP contribution in [0.4, 0.5) is 5.69 Å². The van der Waals surface area contributed by atoms with Crippen LogP contribution in [0.1, 0.15) is 19.8 Å². The molecule has 0 bridgehead atoms. The molecule has 18 heavy (non-hydrogen) atoms. The Morgan fingerprint density at radius 3 is 2.61 bits per heavy atom. The third-order valence-corrected chi connectivity index (χ3v) is 2.76. The summed E-state index contributed by atoms with van der Waals surface area (Å²) in [4.78, 5) is 10.2. The molecule has 5 nitrogen and oxygen atoms in total. The van der Waals surface area contributed by atoms with Gasteiger partial charge in [0.15, 0.2) is 0 Å². The van der Waals surface area contributed by atoms with E-state index in [0.29, 0.717) is 0 Å². The van der Waals surface area contributed by atoms with Gasteiger partial charge in [0, 0.05) is 30.4 Å². The molecule has 0 aliphatic carbocycles. The van der Waals surface area contributed by atoms with Gasteiger partial charge in [0.05, 0.1) is 10.6 Å². The van der Waals surface area contributed by atoms with Gasteiger partial charge in [0.25, 0.3) is 5.69 Å². The van der Waals surface area contributed by atoms with Crippen LogP contribution < -0.4 is 0 Å². The Hall–Kier alpha value is -2.17. The molecule has 0 N–H and O–H groups in total. The Balaban J connectivity index is 2.15. The summed E-state index contributed by atoms with van der Waals surface area (Å²) in [6.07, 6.45) is 4.17. The maximum atomic E-state index is 10.6. The van der Waals surface area contributed by atoms with E-state index in [-0.39, 0.29) is 5.69 Å². The predicted molar refractivity (Wildman–Crippen MR) is 69.2 cm³/mol. The molecule has 0 amide bonds. The molecule has 0 aliphatic rings. The van der Waals surface area contributed by atoms with Crippen molar-refractivity contribution in [3.63, 3.8) is 0 Å². The van der Waals surface area contributed by atoms with Crippen LogP contribution in [-0.4, -0.2) is 14.7 Å². The van der Waals surface area contributed by atoms with E-state index in [9.17, 15) is 10.1 Å². The average molecular weight is 245 g/mol. The van der Waals surface area contributed by atoms with E-state index >= 15 is 0 Å². The molecule has 0 aliphatic heterocycles. The van der Waals surface area contributed by atoms with Crippen LogP contribution in [0.5, 0.6) is 0 Å². The molecule has 1 aromatic carbocycles. The zero-order valence-electron chi connectivity index (χ0n) is 10.2. The second-order valence-corrected chi connectivity index (χ2v) is 4.12. The van der Waals surface area contributed by atoms with Crippen molar-refractivity contribution in [1.82, 2.24) is 9.78 Å². The van der Waals surface area contributed by atoms with Crippen LogP contribution in [0.15, 0.2) is 36.5 Å². The minimum Gasteiger partial charge on any atom is -0.272 e. The Labute approximate surface area is 105 Å². The molecule has 0 fully saturated rings. The lowest BCUT2D eigenvalue weighted by Gasteiger charge is -1.99. The molecule has 2 rings (SSSR count). The number of aryl methyl sites for hydroxylation is 1. The standard InChI is InChI=1S/C13H15N3O2/c1-2-3-9-15-10-8-13(14-15)11-4-6-12(7-5-11)16(17)18/h4-8,10H,2-3,9H2,1H3. The summed E-state index contributed by atoms with van der Waals surface area (Å²) in [5, 5.41) is 15.0. The second-order valence-electron chi connectivity index (χ2n) is 4.12. The summed E-state index contributed by atoms with van der Waals surface area (Å²) in [6, 6.07) is 8.38. The number of hydrogen-bond donors (Lipinski definition) is 0. The number of non-ortho nitro benzene ring substituents is 1. The number of benzene rings is 1. The third-order valence-electron chi connectivity index (χ3n) is 2.76. The molecule has 0 saturated heterocycles. The molecule has 0 radical (unpaired) electrons. The first kappa shape index (κ1) is 12.3. The smallest absolute Gasteiger partial charge is 0.269 e. The van der Waals surface area contributed by atoms with E-state index in [1.807, 2.05) is 16.9 Å². The first-order valence-corrected chi connectivity index (χ1v) is 5.99. The number of nitro benzene ring substituents is 1. The van der Waals surface area contributed by atoms with Gasteiger partial charge in [-0.25, -0.2) is 0 Å². The van der Waals surface area contributed by atoms with Crippen LogP contribution in [0.3, 0.4) is 0 Å².